The molecule has 0 radical (unpaired) electrons. The highest BCUT2D eigenvalue weighted by Crippen LogP contribution is 2.40. The monoisotopic (exact) mass is 336 g/mol. The van der Waals surface area contributed by atoms with Crippen LogP contribution in [0.15, 0.2) is 6.07 Å². The first kappa shape index (κ1) is 16.5. The molecule has 1 saturated carbocycles. The standard InChI is InChI=1S/C16H21FN4O3/c1-9-15(19-11-3-4-11)14(21(23)24)7-13(17)16(9)20-6-5-12(8-20)18-10(2)22/h7,11-12,19H,3-6,8H2,1-2H3,(H,18,22). The van der Waals surface area contributed by atoms with Gasteiger partial charge in [-0.05, 0) is 26.2 Å². The average Bonchev–Trinajstić information content (AvgIpc) is 3.20. The van der Waals surface area contributed by atoms with Crippen LogP contribution in [0.3, 0.4) is 0 Å². The maximum atomic E-state index is 14.6. The molecule has 7 nitrogen and oxygen atoms in total. The molecule has 0 bridgehead atoms. The Morgan fingerprint density at radius 3 is 2.67 bits per heavy atom. The van der Waals surface area contributed by atoms with Gasteiger partial charge >= 0.3 is 0 Å². The van der Waals surface area contributed by atoms with Gasteiger partial charge in [-0.1, -0.05) is 0 Å². The molecule has 1 aromatic rings. The van der Waals surface area contributed by atoms with Crippen LogP contribution in [0.2, 0.25) is 0 Å². The van der Waals surface area contributed by atoms with E-state index in [1.807, 2.05) is 4.90 Å². The molecule has 1 amide bonds. The average molecular weight is 336 g/mol. The molecule has 130 valence electrons. The molecule has 2 fully saturated rings. The lowest BCUT2D eigenvalue weighted by Crippen LogP contribution is -2.35. The minimum absolute atomic E-state index is 0.0312. The Hall–Kier alpha value is -2.38. The zero-order chi connectivity index (χ0) is 17.4. The van der Waals surface area contributed by atoms with Gasteiger partial charge in [0.05, 0.1) is 16.7 Å². The van der Waals surface area contributed by atoms with Crippen molar-refractivity contribution in [3.8, 4) is 0 Å². The molecule has 3 rings (SSSR count). The van der Waals surface area contributed by atoms with Crippen LogP contribution >= 0.6 is 0 Å². The van der Waals surface area contributed by atoms with E-state index in [0.717, 1.165) is 25.3 Å². The van der Waals surface area contributed by atoms with Crippen molar-refractivity contribution in [2.45, 2.75) is 45.2 Å². The van der Waals surface area contributed by atoms with Gasteiger partial charge in [-0.25, -0.2) is 4.39 Å². The number of nitro benzene ring substituents is 1. The number of hydrogen-bond donors (Lipinski definition) is 2. The van der Waals surface area contributed by atoms with Crippen LogP contribution in [0.25, 0.3) is 0 Å². The lowest BCUT2D eigenvalue weighted by molar-refractivity contribution is -0.384. The maximum absolute atomic E-state index is 14.6. The maximum Gasteiger partial charge on any atom is 0.295 e. The van der Waals surface area contributed by atoms with Crippen molar-refractivity contribution in [3.05, 3.63) is 27.6 Å². The first-order valence-electron chi connectivity index (χ1n) is 8.13. The number of rotatable bonds is 5. The van der Waals surface area contributed by atoms with Crippen LogP contribution < -0.4 is 15.5 Å². The van der Waals surface area contributed by atoms with Gasteiger partial charge in [-0.2, -0.15) is 0 Å². The number of hydrogen-bond acceptors (Lipinski definition) is 5. The molecule has 1 unspecified atom stereocenters. The number of anilines is 2. The van der Waals surface area contributed by atoms with E-state index in [4.69, 9.17) is 0 Å². The third kappa shape index (κ3) is 3.27. The van der Waals surface area contributed by atoms with E-state index in [-0.39, 0.29) is 23.7 Å². The molecule has 1 heterocycles. The topological polar surface area (TPSA) is 87.5 Å². The van der Waals surface area contributed by atoms with Crippen molar-refractivity contribution in [1.82, 2.24) is 5.32 Å². The van der Waals surface area contributed by atoms with Gasteiger partial charge in [0.1, 0.15) is 5.69 Å². The zero-order valence-electron chi connectivity index (χ0n) is 13.8. The highest BCUT2D eigenvalue weighted by atomic mass is 19.1. The smallest absolute Gasteiger partial charge is 0.295 e. The number of nitro groups is 1. The summed E-state index contributed by atoms with van der Waals surface area (Å²) >= 11 is 0. The van der Waals surface area contributed by atoms with Gasteiger partial charge in [-0.3, -0.25) is 14.9 Å². The summed E-state index contributed by atoms with van der Waals surface area (Å²) in [6.07, 6.45) is 2.66. The summed E-state index contributed by atoms with van der Waals surface area (Å²) in [5, 5.41) is 17.3. The fourth-order valence-electron chi connectivity index (χ4n) is 3.27. The normalized spacial score (nSPS) is 20.1. The first-order chi connectivity index (χ1) is 11.4. The van der Waals surface area contributed by atoms with E-state index in [2.05, 4.69) is 10.6 Å². The number of carbonyl (C=O) groups is 1. The molecule has 1 atom stereocenters. The molecular formula is C16H21FN4O3. The molecule has 1 aliphatic carbocycles. The van der Waals surface area contributed by atoms with E-state index in [1.54, 1.807) is 6.92 Å². The predicted octanol–water partition coefficient (Wildman–Crippen LogP) is 2.33. The van der Waals surface area contributed by atoms with Crippen molar-refractivity contribution in [2.75, 3.05) is 23.3 Å². The fourth-order valence-corrected chi connectivity index (χ4v) is 3.27. The molecule has 1 saturated heterocycles. The minimum atomic E-state index is -0.593. The van der Waals surface area contributed by atoms with Crippen molar-refractivity contribution >= 4 is 23.0 Å². The number of halogens is 1. The van der Waals surface area contributed by atoms with Gasteiger partial charge in [0.25, 0.3) is 5.69 Å². The summed E-state index contributed by atoms with van der Waals surface area (Å²) in [5.41, 5.74) is 1.12. The van der Waals surface area contributed by atoms with Crippen LogP contribution in [-0.2, 0) is 4.79 Å². The van der Waals surface area contributed by atoms with Crippen molar-refractivity contribution in [1.29, 1.82) is 0 Å². The molecule has 1 aliphatic heterocycles. The number of nitrogens with one attached hydrogen (secondary N) is 2. The Balaban J connectivity index is 1.93. The Bertz CT molecular complexity index is 690. The number of nitrogens with zero attached hydrogens (tertiary/aromatic N) is 2. The van der Waals surface area contributed by atoms with Crippen LogP contribution in [0.1, 0.15) is 31.7 Å². The Kier molecular flexibility index (Phi) is 4.29. The van der Waals surface area contributed by atoms with Gasteiger partial charge in [0.15, 0.2) is 5.82 Å². The predicted molar refractivity (Wildman–Crippen MR) is 88.9 cm³/mol. The van der Waals surface area contributed by atoms with Crippen LogP contribution in [-0.4, -0.2) is 36.0 Å². The second kappa shape index (κ2) is 6.26. The summed E-state index contributed by atoms with van der Waals surface area (Å²) < 4.78 is 14.6. The lowest BCUT2D eigenvalue weighted by atomic mass is 10.1. The summed E-state index contributed by atoms with van der Waals surface area (Å²) in [7, 11) is 0. The van der Waals surface area contributed by atoms with Crippen LogP contribution in [0.4, 0.5) is 21.5 Å². The van der Waals surface area contributed by atoms with Crippen molar-refractivity contribution < 1.29 is 14.1 Å². The van der Waals surface area contributed by atoms with E-state index < -0.39 is 10.7 Å². The van der Waals surface area contributed by atoms with Crippen LogP contribution in [0, 0.1) is 22.9 Å². The van der Waals surface area contributed by atoms with Crippen LogP contribution in [0.5, 0.6) is 0 Å². The second-order valence-corrected chi connectivity index (χ2v) is 6.53. The molecule has 1 aromatic carbocycles. The molecule has 8 heteroatoms. The van der Waals surface area contributed by atoms with Gasteiger partial charge in [0.2, 0.25) is 5.91 Å². The van der Waals surface area contributed by atoms with E-state index in [9.17, 15) is 19.3 Å². The lowest BCUT2D eigenvalue weighted by Gasteiger charge is -2.23. The molecule has 24 heavy (non-hydrogen) atoms. The third-order valence-electron chi connectivity index (χ3n) is 4.51. The van der Waals surface area contributed by atoms with E-state index >= 15 is 0 Å². The fraction of sp³-hybridized carbons (Fsp3) is 0.562. The molecule has 0 aromatic heterocycles. The highest BCUT2D eigenvalue weighted by Gasteiger charge is 2.32. The molecule has 2 aliphatic rings. The number of carbonyl (C=O) groups excluding carboxylic acids is 1. The number of benzene rings is 1. The second-order valence-electron chi connectivity index (χ2n) is 6.53. The minimum Gasteiger partial charge on any atom is -0.376 e. The van der Waals surface area contributed by atoms with Gasteiger partial charge in [0, 0.05) is 37.7 Å². The van der Waals surface area contributed by atoms with Crippen molar-refractivity contribution in [3.63, 3.8) is 0 Å². The van der Waals surface area contributed by atoms with Gasteiger partial charge < -0.3 is 15.5 Å². The van der Waals surface area contributed by atoms with E-state index in [1.165, 1.54) is 6.92 Å². The summed E-state index contributed by atoms with van der Waals surface area (Å²) in [4.78, 5) is 23.8. The zero-order valence-corrected chi connectivity index (χ0v) is 13.8. The SMILES string of the molecule is CC(=O)NC1CCN(c2c(F)cc([N+](=O)[O-])c(NC3CC3)c2C)C1. The van der Waals surface area contributed by atoms with E-state index in [0.29, 0.717) is 30.0 Å². The Labute approximate surface area is 139 Å². The Morgan fingerprint density at radius 2 is 2.08 bits per heavy atom. The summed E-state index contributed by atoms with van der Waals surface area (Å²) in [6.45, 7) is 4.27. The quantitative estimate of drug-likeness (QED) is 0.636. The summed E-state index contributed by atoms with van der Waals surface area (Å²) in [6, 6.07) is 1.20. The van der Waals surface area contributed by atoms with Gasteiger partial charge in [-0.15, -0.1) is 0 Å². The molecule has 2 N–H and O–H groups in total. The molecular weight excluding hydrogens is 315 g/mol. The summed E-state index contributed by atoms with van der Waals surface area (Å²) in [5.74, 6) is -0.706. The molecule has 0 spiro atoms. The number of amides is 1. The largest absolute Gasteiger partial charge is 0.376 e. The first-order valence-corrected chi connectivity index (χ1v) is 8.13. The third-order valence-corrected chi connectivity index (χ3v) is 4.51. The van der Waals surface area contributed by atoms with Crippen molar-refractivity contribution in [2.24, 2.45) is 0 Å². The Morgan fingerprint density at radius 1 is 1.38 bits per heavy atom. The highest BCUT2D eigenvalue weighted by molar-refractivity contribution is 5.77.